The van der Waals surface area contributed by atoms with Crippen LogP contribution in [0.1, 0.15) is 11.3 Å². The van der Waals surface area contributed by atoms with Crippen molar-refractivity contribution in [2.45, 2.75) is 13.1 Å². The van der Waals surface area contributed by atoms with Gasteiger partial charge in [-0.3, -0.25) is 9.88 Å². The van der Waals surface area contributed by atoms with Gasteiger partial charge in [0.05, 0.1) is 6.54 Å². The van der Waals surface area contributed by atoms with Crippen molar-refractivity contribution >= 4 is 0 Å². The van der Waals surface area contributed by atoms with Crippen molar-refractivity contribution in [3.05, 3.63) is 72.2 Å². The van der Waals surface area contributed by atoms with Crippen LogP contribution < -0.4 is 0 Å². The van der Waals surface area contributed by atoms with Crippen LogP contribution in [0.3, 0.4) is 0 Å². The van der Waals surface area contributed by atoms with Crippen LogP contribution >= 0.6 is 0 Å². The molecule has 4 nitrogen and oxygen atoms in total. The first-order chi connectivity index (χ1) is 10.3. The number of aromatic nitrogens is 2. The first kappa shape index (κ1) is 13.5. The van der Waals surface area contributed by atoms with Gasteiger partial charge in [-0.25, -0.2) is 0 Å². The van der Waals surface area contributed by atoms with E-state index in [4.69, 9.17) is 4.52 Å². The summed E-state index contributed by atoms with van der Waals surface area (Å²) in [5.41, 5.74) is 3.18. The highest BCUT2D eigenvalue weighted by Gasteiger charge is 2.09. The molecule has 0 saturated carbocycles. The molecule has 2 aromatic heterocycles. The second-order valence-corrected chi connectivity index (χ2v) is 5.07. The molecule has 0 fully saturated rings. The standard InChI is InChI=1S/C17H17N3O/c1-20(12-14-7-9-18-10-8-14)13-16-11-17(19-21-16)15-5-3-2-4-6-15/h2-11H,12-13H2,1H3. The maximum Gasteiger partial charge on any atom is 0.151 e. The summed E-state index contributed by atoms with van der Waals surface area (Å²) in [6.45, 7) is 1.58. The van der Waals surface area contributed by atoms with Crippen molar-refractivity contribution in [3.8, 4) is 11.3 Å². The number of hydrogen-bond acceptors (Lipinski definition) is 4. The maximum atomic E-state index is 5.42. The van der Waals surface area contributed by atoms with E-state index in [2.05, 4.69) is 22.1 Å². The van der Waals surface area contributed by atoms with Crippen LogP contribution in [-0.4, -0.2) is 22.1 Å². The van der Waals surface area contributed by atoms with Crippen LogP contribution in [0.25, 0.3) is 11.3 Å². The van der Waals surface area contributed by atoms with Gasteiger partial charge in [-0.1, -0.05) is 35.5 Å². The SMILES string of the molecule is CN(Cc1ccncc1)Cc1cc(-c2ccccc2)no1. The lowest BCUT2D eigenvalue weighted by atomic mass is 10.1. The number of rotatable bonds is 5. The van der Waals surface area contributed by atoms with Gasteiger partial charge in [0, 0.05) is 30.6 Å². The molecule has 0 bridgehead atoms. The molecular weight excluding hydrogens is 262 g/mol. The number of nitrogens with zero attached hydrogens (tertiary/aromatic N) is 3. The van der Waals surface area contributed by atoms with Gasteiger partial charge in [0.25, 0.3) is 0 Å². The Balaban J connectivity index is 1.65. The fourth-order valence-corrected chi connectivity index (χ4v) is 2.25. The Morgan fingerprint density at radius 2 is 1.76 bits per heavy atom. The molecule has 0 aliphatic heterocycles. The van der Waals surface area contributed by atoms with Crippen LogP contribution in [0.2, 0.25) is 0 Å². The molecule has 0 atom stereocenters. The van der Waals surface area contributed by atoms with E-state index < -0.39 is 0 Å². The van der Waals surface area contributed by atoms with E-state index in [0.717, 1.165) is 30.1 Å². The van der Waals surface area contributed by atoms with Crippen molar-refractivity contribution in [2.24, 2.45) is 0 Å². The molecule has 0 aliphatic rings. The van der Waals surface area contributed by atoms with Crippen LogP contribution in [0.5, 0.6) is 0 Å². The quantitative estimate of drug-likeness (QED) is 0.718. The van der Waals surface area contributed by atoms with Gasteiger partial charge in [0.1, 0.15) is 5.69 Å². The Hall–Kier alpha value is -2.46. The van der Waals surface area contributed by atoms with E-state index in [0.29, 0.717) is 0 Å². The lowest BCUT2D eigenvalue weighted by Gasteiger charge is -2.14. The minimum atomic E-state index is 0.724. The van der Waals surface area contributed by atoms with Crippen molar-refractivity contribution in [1.29, 1.82) is 0 Å². The molecule has 0 unspecified atom stereocenters. The summed E-state index contributed by atoms with van der Waals surface area (Å²) in [6, 6.07) is 16.1. The Morgan fingerprint density at radius 1 is 1.00 bits per heavy atom. The molecule has 0 spiro atoms. The van der Waals surface area contributed by atoms with Crippen LogP contribution in [-0.2, 0) is 13.1 Å². The summed E-state index contributed by atoms with van der Waals surface area (Å²) in [6.07, 6.45) is 3.62. The predicted octanol–water partition coefficient (Wildman–Crippen LogP) is 3.37. The third-order valence-electron chi connectivity index (χ3n) is 3.26. The first-order valence-electron chi connectivity index (χ1n) is 6.90. The van der Waals surface area contributed by atoms with E-state index in [-0.39, 0.29) is 0 Å². The average molecular weight is 279 g/mol. The zero-order valence-electron chi connectivity index (χ0n) is 11.9. The van der Waals surface area contributed by atoms with E-state index >= 15 is 0 Å². The third-order valence-corrected chi connectivity index (χ3v) is 3.26. The summed E-state index contributed by atoms with van der Waals surface area (Å²) in [7, 11) is 2.06. The molecule has 0 aliphatic carbocycles. The monoisotopic (exact) mass is 279 g/mol. The summed E-state index contributed by atoms with van der Waals surface area (Å²) in [4.78, 5) is 6.21. The Morgan fingerprint density at radius 3 is 2.52 bits per heavy atom. The van der Waals surface area contributed by atoms with Gasteiger partial charge in [-0.05, 0) is 24.7 Å². The highest BCUT2D eigenvalue weighted by molar-refractivity contribution is 5.58. The molecule has 0 saturated heterocycles. The fraction of sp³-hybridized carbons (Fsp3) is 0.176. The van der Waals surface area contributed by atoms with Crippen molar-refractivity contribution < 1.29 is 4.52 Å². The van der Waals surface area contributed by atoms with Crippen molar-refractivity contribution in [1.82, 2.24) is 15.0 Å². The third kappa shape index (κ3) is 3.55. The van der Waals surface area contributed by atoms with Crippen molar-refractivity contribution in [2.75, 3.05) is 7.05 Å². The average Bonchev–Trinajstić information content (AvgIpc) is 2.97. The van der Waals surface area contributed by atoms with Crippen LogP contribution in [0.4, 0.5) is 0 Å². The summed E-state index contributed by atoms with van der Waals surface area (Å²) < 4.78 is 5.42. The lowest BCUT2D eigenvalue weighted by molar-refractivity contribution is 0.267. The zero-order chi connectivity index (χ0) is 14.5. The fourth-order valence-electron chi connectivity index (χ4n) is 2.25. The zero-order valence-corrected chi connectivity index (χ0v) is 11.9. The van der Waals surface area contributed by atoms with Gasteiger partial charge >= 0.3 is 0 Å². The molecule has 0 radical (unpaired) electrons. The minimum absolute atomic E-state index is 0.724. The van der Waals surface area contributed by atoms with Gasteiger partial charge in [0.15, 0.2) is 5.76 Å². The van der Waals surface area contributed by atoms with E-state index in [1.807, 2.05) is 60.9 Å². The van der Waals surface area contributed by atoms with Crippen LogP contribution in [0, 0.1) is 0 Å². The molecule has 1 aromatic carbocycles. The second-order valence-electron chi connectivity index (χ2n) is 5.07. The summed E-state index contributed by atoms with van der Waals surface area (Å²) in [5, 5.41) is 4.13. The minimum Gasteiger partial charge on any atom is -0.359 e. The maximum absolute atomic E-state index is 5.42. The highest BCUT2D eigenvalue weighted by atomic mass is 16.5. The normalized spacial score (nSPS) is 11.0. The molecule has 0 N–H and O–H groups in total. The number of hydrogen-bond donors (Lipinski definition) is 0. The molecular formula is C17H17N3O. The molecule has 21 heavy (non-hydrogen) atoms. The van der Waals surface area contributed by atoms with E-state index in [1.54, 1.807) is 0 Å². The smallest absolute Gasteiger partial charge is 0.151 e. The molecule has 0 amide bonds. The molecule has 4 heteroatoms. The largest absolute Gasteiger partial charge is 0.359 e. The molecule has 3 aromatic rings. The van der Waals surface area contributed by atoms with Crippen LogP contribution in [0.15, 0.2) is 65.4 Å². The van der Waals surface area contributed by atoms with Gasteiger partial charge in [-0.15, -0.1) is 0 Å². The first-order valence-corrected chi connectivity index (χ1v) is 6.90. The Bertz CT molecular complexity index is 680. The Labute approximate surface area is 124 Å². The summed E-state index contributed by atoms with van der Waals surface area (Å²) in [5.74, 6) is 0.866. The van der Waals surface area contributed by atoms with Crippen molar-refractivity contribution in [3.63, 3.8) is 0 Å². The number of pyridine rings is 1. The number of benzene rings is 1. The predicted molar refractivity (Wildman–Crippen MR) is 81.3 cm³/mol. The molecule has 106 valence electrons. The van der Waals surface area contributed by atoms with Gasteiger partial charge in [0.2, 0.25) is 0 Å². The van der Waals surface area contributed by atoms with Gasteiger partial charge < -0.3 is 4.52 Å². The Kier molecular flexibility index (Phi) is 4.07. The second kappa shape index (κ2) is 6.33. The molecule has 3 rings (SSSR count). The summed E-state index contributed by atoms with van der Waals surface area (Å²) >= 11 is 0. The lowest BCUT2D eigenvalue weighted by Crippen LogP contribution is -2.16. The topological polar surface area (TPSA) is 42.2 Å². The van der Waals surface area contributed by atoms with E-state index in [9.17, 15) is 0 Å². The molecule has 2 heterocycles. The highest BCUT2D eigenvalue weighted by Crippen LogP contribution is 2.19. The van der Waals surface area contributed by atoms with E-state index in [1.165, 1.54) is 5.56 Å². The van der Waals surface area contributed by atoms with Gasteiger partial charge in [-0.2, -0.15) is 0 Å².